The molecule has 3 rings (SSSR count). The first-order chi connectivity index (χ1) is 11.7. The molecule has 0 atom stereocenters. The van der Waals surface area contributed by atoms with E-state index in [1.165, 1.54) is 27.4 Å². The van der Waals surface area contributed by atoms with Gasteiger partial charge in [-0.05, 0) is 56.4 Å². The maximum atomic E-state index is 3.76. The first-order valence-electron chi connectivity index (χ1n) is 9.45. The number of hydrogen-bond acceptors (Lipinski definition) is 1. The van der Waals surface area contributed by atoms with E-state index in [4.69, 9.17) is 0 Å². The summed E-state index contributed by atoms with van der Waals surface area (Å²) in [6.45, 7) is 15.7. The Balaban J connectivity index is 0.00000243. The van der Waals surface area contributed by atoms with Gasteiger partial charge in [0.2, 0.25) is 0 Å². The fraction of sp³-hybridized carbons (Fsp3) is 0.478. The standard InChI is InChI=1S/C23H32N2.ClH/c1-7-25-20-11-9-8-10-18(20)19-14-17(12-13-21(19)25)15-24-23(5,6)16-22(2,3)4;/h8-14,24H,7,15-16H2,1-6H3;1H. The van der Waals surface area contributed by atoms with E-state index in [2.05, 4.69) is 93.9 Å². The van der Waals surface area contributed by atoms with E-state index in [1.54, 1.807) is 0 Å². The Morgan fingerprint density at radius 3 is 2.19 bits per heavy atom. The number of benzene rings is 2. The van der Waals surface area contributed by atoms with Crippen LogP contribution in [0.5, 0.6) is 0 Å². The summed E-state index contributed by atoms with van der Waals surface area (Å²) in [6.07, 6.45) is 1.15. The second-order valence-electron chi connectivity index (χ2n) is 9.09. The van der Waals surface area contributed by atoms with Crippen LogP contribution in [-0.4, -0.2) is 10.1 Å². The molecular weight excluding hydrogens is 340 g/mol. The van der Waals surface area contributed by atoms with Crippen LogP contribution >= 0.6 is 12.4 Å². The predicted molar refractivity (Wildman–Crippen MR) is 117 cm³/mol. The molecule has 0 amide bonds. The summed E-state index contributed by atoms with van der Waals surface area (Å²) in [4.78, 5) is 0. The summed E-state index contributed by atoms with van der Waals surface area (Å²) < 4.78 is 2.41. The third-order valence-corrected chi connectivity index (χ3v) is 4.90. The molecule has 0 saturated carbocycles. The Hall–Kier alpha value is -1.51. The van der Waals surface area contributed by atoms with E-state index in [-0.39, 0.29) is 17.9 Å². The lowest BCUT2D eigenvalue weighted by molar-refractivity contribution is 0.241. The number of nitrogens with zero attached hydrogens (tertiary/aromatic N) is 1. The zero-order chi connectivity index (χ0) is 18.2. The van der Waals surface area contributed by atoms with E-state index < -0.39 is 0 Å². The van der Waals surface area contributed by atoms with Gasteiger partial charge in [0.05, 0.1) is 0 Å². The van der Waals surface area contributed by atoms with Crippen LogP contribution in [-0.2, 0) is 13.1 Å². The maximum Gasteiger partial charge on any atom is 0.0491 e. The fourth-order valence-corrected chi connectivity index (χ4v) is 4.28. The highest BCUT2D eigenvalue weighted by atomic mass is 35.5. The summed E-state index contributed by atoms with van der Waals surface area (Å²) in [5.41, 5.74) is 4.48. The number of halogens is 1. The van der Waals surface area contributed by atoms with Crippen molar-refractivity contribution in [3.05, 3.63) is 48.0 Å². The smallest absolute Gasteiger partial charge is 0.0491 e. The molecule has 3 heteroatoms. The first-order valence-corrected chi connectivity index (χ1v) is 9.45. The Labute approximate surface area is 164 Å². The maximum absolute atomic E-state index is 3.76. The average molecular weight is 373 g/mol. The van der Waals surface area contributed by atoms with Gasteiger partial charge < -0.3 is 9.88 Å². The molecule has 0 bridgehead atoms. The molecule has 1 aromatic heterocycles. The van der Waals surface area contributed by atoms with E-state index in [9.17, 15) is 0 Å². The van der Waals surface area contributed by atoms with Gasteiger partial charge in [0.15, 0.2) is 0 Å². The Morgan fingerprint density at radius 1 is 0.885 bits per heavy atom. The molecule has 0 fully saturated rings. The molecule has 2 nitrogen and oxygen atoms in total. The van der Waals surface area contributed by atoms with Gasteiger partial charge in [-0.15, -0.1) is 12.4 Å². The van der Waals surface area contributed by atoms with Gasteiger partial charge in [0, 0.05) is 40.4 Å². The molecule has 0 radical (unpaired) electrons. The van der Waals surface area contributed by atoms with Crippen LogP contribution in [0, 0.1) is 5.41 Å². The highest BCUT2D eigenvalue weighted by Crippen LogP contribution is 2.30. The van der Waals surface area contributed by atoms with Gasteiger partial charge >= 0.3 is 0 Å². The van der Waals surface area contributed by atoms with E-state index in [0.717, 1.165) is 19.5 Å². The molecule has 0 saturated heterocycles. The molecular formula is C23H33ClN2. The summed E-state index contributed by atoms with van der Waals surface area (Å²) in [6, 6.07) is 15.7. The van der Waals surface area contributed by atoms with Gasteiger partial charge in [-0.1, -0.05) is 45.0 Å². The van der Waals surface area contributed by atoms with Crippen LogP contribution in [0.3, 0.4) is 0 Å². The van der Waals surface area contributed by atoms with Crippen LogP contribution in [0.1, 0.15) is 53.5 Å². The van der Waals surface area contributed by atoms with Gasteiger partial charge in [0.25, 0.3) is 0 Å². The van der Waals surface area contributed by atoms with Gasteiger partial charge in [-0.3, -0.25) is 0 Å². The van der Waals surface area contributed by atoms with Crippen LogP contribution < -0.4 is 5.32 Å². The SMILES string of the molecule is CCn1c2ccccc2c2cc(CNC(C)(C)CC(C)(C)C)ccc21.Cl. The summed E-state index contributed by atoms with van der Waals surface area (Å²) in [5, 5.41) is 6.48. The number of aryl methyl sites for hydroxylation is 1. The molecule has 26 heavy (non-hydrogen) atoms. The summed E-state index contributed by atoms with van der Waals surface area (Å²) in [7, 11) is 0. The van der Waals surface area contributed by atoms with E-state index in [1.807, 2.05) is 0 Å². The molecule has 0 aliphatic rings. The second-order valence-corrected chi connectivity index (χ2v) is 9.09. The topological polar surface area (TPSA) is 17.0 Å². The number of nitrogens with one attached hydrogen (secondary N) is 1. The zero-order valence-electron chi connectivity index (χ0n) is 17.0. The summed E-state index contributed by atoms with van der Waals surface area (Å²) in [5.74, 6) is 0. The number of rotatable bonds is 5. The van der Waals surface area contributed by atoms with Gasteiger partial charge in [-0.25, -0.2) is 0 Å². The minimum absolute atomic E-state index is 0. The van der Waals surface area contributed by atoms with Crippen LogP contribution in [0.4, 0.5) is 0 Å². The van der Waals surface area contributed by atoms with Gasteiger partial charge in [-0.2, -0.15) is 0 Å². The molecule has 0 unspecified atom stereocenters. The van der Waals surface area contributed by atoms with Crippen molar-refractivity contribution in [3.63, 3.8) is 0 Å². The van der Waals surface area contributed by atoms with Crippen molar-refractivity contribution >= 4 is 34.2 Å². The van der Waals surface area contributed by atoms with Crippen molar-refractivity contribution < 1.29 is 0 Å². The van der Waals surface area contributed by atoms with Crippen molar-refractivity contribution in [1.29, 1.82) is 0 Å². The highest BCUT2D eigenvalue weighted by molar-refractivity contribution is 6.08. The van der Waals surface area contributed by atoms with E-state index >= 15 is 0 Å². The highest BCUT2D eigenvalue weighted by Gasteiger charge is 2.24. The normalized spacial score (nSPS) is 12.5. The van der Waals surface area contributed by atoms with Crippen molar-refractivity contribution in [3.8, 4) is 0 Å². The molecule has 0 spiro atoms. The zero-order valence-corrected chi connectivity index (χ0v) is 17.8. The number of aromatic nitrogens is 1. The Kier molecular flexibility index (Phi) is 6.09. The minimum atomic E-state index is 0. The molecule has 142 valence electrons. The molecule has 3 aromatic rings. The van der Waals surface area contributed by atoms with Crippen LogP contribution in [0.15, 0.2) is 42.5 Å². The average Bonchev–Trinajstić information content (AvgIpc) is 2.84. The van der Waals surface area contributed by atoms with E-state index in [0.29, 0.717) is 5.41 Å². The fourth-order valence-electron chi connectivity index (χ4n) is 4.28. The molecule has 2 aromatic carbocycles. The van der Waals surface area contributed by atoms with Crippen LogP contribution in [0.25, 0.3) is 21.8 Å². The molecule has 1 N–H and O–H groups in total. The van der Waals surface area contributed by atoms with Crippen molar-refractivity contribution in [2.45, 2.75) is 66.6 Å². The second kappa shape index (κ2) is 7.62. The predicted octanol–water partition coefficient (Wildman–Crippen LogP) is 6.54. The Morgan fingerprint density at radius 2 is 1.54 bits per heavy atom. The largest absolute Gasteiger partial charge is 0.341 e. The van der Waals surface area contributed by atoms with Crippen molar-refractivity contribution in [2.24, 2.45) is 5.41 Å². The molecule has 0 aliphatic heterocycles. The Bertz CT molecular complexity index is 884. The lowest BCUT2D eigenvalue weighted by Gasteiger charge is -2.33. The third kappa shape index (κ3) is 4.42. The van der Waals surface area contributed by atoms with Crippen LogP contribution in [0.2, 0.25) is 0 Å². The number of para-hydroxylation sites is 1. The summed E-state index contributed by atoms with van der Waals surface area (Å²) >= 11 is 0. The van der Waals surface area contributed by atoms with Gasteiger partial charge in [0.1, 0.15) is 0 Å². The third-order valence-electron chi connectivity index (χ3n) is 4.90. The molecule has 1 heterocycles. The first kappa shape index (κ1) is 20.8. The quantitative estimate of drug-likeness (QED) is 0.537. The lowest BCUT2D eigenvalue weighted by atomic mass is 9.82. The lowest BCUT2D eigenvalue weighted by Crippen LogP contribution is -2.41. The van der Waals surface area contributed by atoms with Crippen molar-refractivity contribution in [2.75, 3.05) is 0 Å². The number of fused-ring (bicyclic) bond motifs is 3. The number of hydrogen-bond donors (Lipinski definition) is 1. The van der Waals surface area contributed by atoms with Crippen molar-refractivity contribution in [1.82, 2.24) is 9.88 Å². The molecule has 0 aliphatic carbocycles. The monoisotopic (exact) mass is 372 g/mol. The minimum Gasteiger partial charge on any atom is -0.341 e.